The van der Waals surface area contributed by atoms with Crippen LogP contribution in [0.5, 0.6) is 5.75 Å². The van der Waals surface area contributed by atoms with Crippen molar-refractivity contribution in [3.8, 4) is 5.75 Å². The van der Waals surface area contributed by atoms with Gasteiger partial charge in [-0.25, -0.2) is 4.79 Å². The number of hydrogen-bond acceptors (Lipinski definition) is 8. The SMILES string of the molecule is CC[C@]12[C@@H]3N4CC[C@H]1O[C@@](C(=O)OC)([C@@H]1N(C)c5cc(OC)ccc5[C@]31CC4)[C@@H]2OC(C)=O. The molecular weight excluding hydrogens is 424 g/mol. The Labute approximate surface area is 194 Å². The van der Waals surface area contributed by atoms with Crippen molar-refractivity contribution < 1.29 is 28.5 Å². The molecule has 1 spiro atoms. The van der Waals surface area contributed by atoms with Crippen LogP contribution in [0.25, 0.3) is 0 Å². The first kappa shape index (κ1) is 21.2. The molecule has 1 aromatic carbocycles. The number of rotatable bonds is 4. The van der Waals surface area contributed by atoms with Gasteiger partial charge in [0.2, 0.25) is 5.60 Å². The fourth-order valence-corrected chi connectivity index (χ4v) is 8.68. The maximum atomic E-state index is 13.8. The van der Waals surface area contributed by atoms with E-state index in [9.17, 15) is 9.59 Å². The van der Waals surface area contributed by atoms with E-state index in [1.165, 1.54) is 19.6 Å². The molecule has 4 heterocycles. The van der Waals surface area contributed by atoms with Crippen LogP contribution in [0.2, 0.25) is 0 Å². The zero-order valence-corrected chi connectivity index (χ0v) is 19.9. The van der Waals surface area contributed by atoms with Gasteiger partial charge < -0.3 is 23.8 Å². The van der Waals surface area contributed by atoms with Crippen molar-refractivity contribution in [2.75, 3.05) is 39.3 Å². The van der Waals surface area contributed by atoms with Gasteiger partial charge in [0, 0.05) is 43.7 Å². The summed E-state index contributed by atoms with van der Waals surface area (Å²) in [7, 11) is 5.08. The van der Waals surface area contributed by atoms with Crippen LogP contribution in [0, 0.1) is 5.41 Å². The number of carbonyl (C=O) groups excluding carboxylic acids is 2. The molecule has 1 saturated carbocycles. The van der Waals surface area contributed by atoms with E-state index in [0.29, 0.717) is 0 Å². The molecule has 8 heteroatoms. The standard InChI is InChI=1S/C25H32N2O6/c1-6-23-18-9-11-27-12-10-24(19(23)27)16-8-7-15(30-4)13-17(16)26(3)20(24)25(33-18,22(29)31-5)21(23)32-14(2)28/h7-8,13,18-21H,6,9-12H2,1-5H3/t18-,19+,20-,21-,23-,24-,25+/m1/s1. The van der Waals surface area contributed by atoms with Crippen molar-refractivity contribution >= 4 is 17.6 Å². The number of likely N-dealkylation sites (N-methyl/N-ethyl adjacent to an activating group) is 1. The summed E-state index contributed by atoms with van der Waals surface area (Å²) in [6.45, 7) is 5.41. The van der Waals surface area contributed by atoms with E-state index < -0.39 is 29.1 Å². The quantitative estimate of drug-likeness (QED) is 0.636. The third-order valence-corrected chi connectivity index (χ3v) is 9.44. The van der Waals surface area contributed by atoms with E-state index in [2.05, 4.69) is 22.8 Å². The molecule has 1 aliphatic carbocycles. The Balaban J connectivity index is 1.69. The highest BCUT2D eigenvalue weighted by Gasteiger charge is 2.87. The monoisotopic (exact) mass is 456 g/mol. The number of anilines is 1. The first-order chi connectivity index (χ1) is 15.8. The molecular formula is C25H32N2O6. The molecule has 2 bridgehead atoms. The molecule has 0 unspecified atom stereocenters. The van der Waals surface area contributed by atoms with Gasteiger partial charge in [-0.1, -0.05) is 13.0 Å². The van der Waals surface area contributed by atoms with Crippen molar-refractivity contribution in [1.82, 2.24) is 4.90 Å². The minimum atomic E-state index is -1.40. The molecule has 0 radical (unpaired) electrons. The topological polar surface area (TPSA) is 77.5 Å². The number of piperidine rings is 1. The van der Waals surface area contributed by atoms with Crippen molar-refractivity contribution in [2.45, 2.75) is 68.4 Å². The minimum absolute atomic E-state index is 0.0977. The molecule has 4 fully saturated rings. The molecule has 0 amide bonds. The molecule has 8 nitrogen and oxygen atoms in total. The number of esters is 2. The number of methoxy groups -OCH3 is 2. The highest BCUT2D eigenvalue weighted by atomic mass is 16.6. The summed E-state index contributed by atoms with van der Waals surface area (Å²) in [5, 5.41) is 0. The smallest absolute Gasteiger partial charge is 0.344 e. The van der Waals surface area contributed by atoms with E-state index in [1.54, 1.807) is 7.11 Å². The minimum Gasteiger partial charge on any atom is -0.497 e. The van der Waals surface area contributed by atoms with Gasteiger partial charge in [-0.15, -0.1) is 0 Å². The van der Waals surface area contributed by atoms with Gasteiger partial charge in [0.15, 0.2) is 6.10 Å². The van der Waals surface area contributed by atoms with Gasteiger partial charge in [-0.05, 0) is 37.4 Å². The molecule has 178 valence electrons. The van der Waals surface area contributed by atoms with Gasteiger partial charge in [-0.3, -0.25) is 9.69 Å². The van der Waals surface area contributed by atoms with Crippen molar-refractivity contribution in [3.63, 3.8) is 0 Å². The second-order valence-electron chi connectivity index (χ2n) is 10.3. The van der Waals surface area contributed by atoms with Crippen molar-refractivity contribution in [1.29, 1.82) is 0 Å². The third kappa shape index (κ3) is 2.12. The number of carbonyl (C=O) groups is 2. The Morgan fingerprint density at radius 1 is 1.21 bits per heavy atom. The third-order valence-electron chi connectivity index (χ3n) is 9.44. The predicted molar refractivity (Wildman–Crippen MR) is 119 cm³/mol. The van der Waals surface area contributed by atoms with Crippen LogP contribution in [0.1, 0.15) is 38.7 Å². The first-order valence-corrected chi connectivity index (χ1v) is 11.9. The molecule has 0 N–H and O–H groups in total. The van der Waals surface area contributed by atoms with Gasteiger partial charge >= 0.3 is 11.9 Å². The van der Waals surface area contributed by atoms with Crippen LogP contribution < -0.4 is 9.64 Å². The van der Waals surface area contributed by atoms with Crippen molar-refractivity contribution in [3.05, 3.63) is 23.8 Å². The highest BCUT2D eigenvalue weighted by Crippen LogP contribution is 2.72. The second kappa shape index (κ2) is 6.63. The Kier molecular flexibility index (Phi) is 4.27. The molecule has 0 aromatic heterocycles. The summed E-state index contributed by atoms with van der Waals surface area (Å²) >= 11 is 0. The molecule has 33 heavy (non-hydrogen) atoms. The summed E-state index contributed by atoms with van der Waals surface area (Å²) in [5.41, 5.74) is 0.0242. The zero-order chi connectivity index (χ0) is 23.3. The van der Waals surface area contributed by atoms with Gasteiger partial charge in [0.1, 0.15) is 5.75 Å². The molecule has 5 aliphatic rings. The van der Waals surface area contributed by atoms with Crippen LogP contribution in [-0.2, 0) is 29.2 Å². The van der Waals surface area contributed by atoms with Crippen LogP contribution in [-0.4, -0.2) is 81.1 Å². The zero-order valence-electron chi connectivity index (χ0n) is 19.9. The molecule has 4 aliphatic heterocycles. The highest BCUT2D eigenvalue weighted by molar-refractivity contribution is 5.88. The Morgan fingerprint density at radius 3 is 2.67 bits per heavy atom. The summed E-state index contributed by atoms with van der Waals surface area (Å²) in [4.78, 5) is 31.0. The van der Waals surface area contributed by atoms with E-state index in [4.69, 9.17) is 18.9 Å². The molecule has 6 rings (SSSR count). The van der Waals surface area contributed by atoms with E-state index >= 15 is 0 Å². The maximum absolute atomic E-state index is 13.8. The first-order valence-electron chi connectivity index (χ1n) is 11.9. The normalized spacial score (nSPS) is 42.0. The van der Waals surface area contributed by atoms with E-state index in [1.807, 2.05) is 19.2 Å². The Bertz CT molecular complexity index is 1050. The number of ether oxygens (including phenoxy) is 4. The van der Waals surface area contributed by atoms with Crippen LogP contribution >= 0.6 is 0 Å². The summed E-state index contributed by atoms with van der Waals surface area (Å²) in [5.74, 6) is -0.0800. The lowest BCUT2D eigenvalue weighted by Crippen LogP contribution is -2.78. The average molecular weight is 457 g/mol. The lowest BCUT2D eigenvalue weighted by atomic mass is 9.48. The van der Waals surface area contributed by atoms with Crippen LogP contribution in [0.4, 0.5) is 5.69 Å². The molecule has 3 saturated heterocycles. The summed E-state index contributed by atoms with van der Waals surface area (Å²) in [6.07, 6.45) is 1.58. The fourth-order valence-electron chi connectivity index (χ4n) is 8.68. The number of nitrogens with zero attached hydrogens (tertiary/aromatic N) is 2. The van der Waals surface area contributed by atoms with Gasteiger partial charge in [-0.2, -0.15) is 0 Å². The second-order valence-corrected chi connectivity index (χ2v) is 10.3. The van der Waals surface area contributed by atoms with Crippen LogP contribution in [0.3, 0.4) is 0 Å². The summed E-state index contributed by atoms with van der Waals surface area (Å²) in [6, 6.07) is 5.96. The number of hydrogen-bond donors (Lipinski definition) is 0. The number of benzene rings is 1. The van der Waals surface area contributed by atoms with Crippen molar-refractivity contribution in [2.24, 2.45) is 5.41 Å². The Hall–Kier alpha value is -2.32. The maximum Gasteiger partial charge on any atom is 0.344 e. The Morgan fingerprint density at radius 2 is 2.00 bits per heavy atom. The fraction of sp³-hybridized carbons (Fsp3) is 0.680. The average Bonchev–Trinajstić information content (AvgIpc) is 3.41. The molecule has 1 aromatic rings. The lowest BCUT2D eigenvalue weighted by Gasteiger charge is -2.60. The van der Waals surface area contributed by atoms with Gasteiger partial charge in [0.05, 0.1) is 31.8 Å². The predicted octanol–water partition coefficient (Wildman–Crippen LogP) is 1.88. The van der Waals surface area contributed by atoms with E-state index in [0.717, 1.165) is 43.8 Å². The van der Waals surface area contributed by atoms with E-state index in [-0.39, 0.29) is 23.6 Å². The van der Waals surface area contributed by atoms with Crippen LogP contribution in [0.15, 0.2) is 18.2 Å². The molecule has 7 atom stereocenters. The lowest BCUT2D eigenvalue weighted by molar-refractivity contribution is -0.199. The van der Waals surface area contributed by atoms with Gasteiger partial charge in [0.25, 0.3) is 0 Å². The number of fused-ring (bicyclic) bond motifs is 3. The largest absolute Gasteiger partial charge is 0.497 e. The summed E-state index contributed by atoms with van der Waals surface area (Å²) < 4.78 is 24.0.